The van der Waals surface area contributed by atoms with Gasteiger partial charge in [-0.2, -0.15) is 0 Å². The van der Waals surface area contributed by atoms with Crippen LogP contribution in [-0.4, -0.2) is 16.0 Å². The lowest BCUT2D eigenvalue weighted by Crippen LogP contribution is -2.21. The van der Waals surface area contributed by atoms with Crippen molar-refractivity contribution in [1.82, 2.24) is 15.5 Å². The number of carbonyl (C=O) groups excluding carboxylic acids is 1. The molecule has 8 heteroatoms. The number of nitrogens with zero attached hydrogens (tertiary/aromatic N) is 2. The zero-order valence-electron chi connectivity index (χ0n) is 11.0. The Morgan fingerprint density at radius 1 is 1.27 bits per heavy atom. The summed E-state index contributed by atoms with van der Waals surface area (Å²) in [6.45, 7) is 0.238. The highest BCUT2D eigenvalue weighted by Gasteiger charge is 2.11. The minimum atomic E-state index is -0.206. The van der Waals surface area contributed by atoms with Gasteiger partial charge in [0.1, 0.15) is 10.8 Å². The zero-order chi connectivity index (χ0) is 15.5. The normalized spacial score (nSPS) is 10.6. The molecule has 0 saturated carbocycles. The fourth-order valence-electron chi connectivity index (χ4n) is 1.75. The topological polar surface area (TPSA) is 68.0 Å². The lowest BCUT2D eigenvalue weighted by molar-refractivity contribution is 0.0951. The highest BCUT2D eigenvalue weighted by molar-refractivity contribution is 7.17. The minimum absolute atomic E-state index is 0.206. The Labute approximate surface area is 139 Å². The molecular weight excluding hydrogens is 345 g/mol. The average molecular weight is 354 g/mol. The SMILES string of the molecule is O=C(NCc1cc(-c2ccc(Cl)nc2)no1)c1ccc(Cl)s1. The molecule has 1 amide bonds. The van der Waals surface area contributed by atoms with Crippen molar-refractivity contribution in [3.05, 3.63) is 56.7 Å². The number of hydrogen-bond acceptors (Lipinski definition) is 5. The van der Waals surface area contributed by atoms with Gasteiger partial charge in [0.2, 0.25) is 0 Å². The van der Waals surface area contributed by atoms with E-state index in [1.54, 1.807) is 36.5 Å². The van der Waals surface area contributed by atoms with E-state index < -0.39 is 0 Å². The summed E-state index contributed by atoms with van der Waals surface area (Å²) in [7, 11) is 0. The Bertz CT molecular complexity index is 799. The van der Waals surface area contributed by atoms with Crippen LogP contribution in [-0.2, 0) is 6.54 Å². The van der Waals surface area contributed by atoms with Gasteiger partial charge >= 0.3 is 0 Å². The van der Waals surface area contributed by atoms with Gasteiger partial charge in [-0.25, -0.2) is 4.98 Å². The summed E-state index contributed by atoms with van der Waals surface area (Å²) in [5.74, 6) is 0.337. The maximum absolute atomic E-state index is 11.9. The third kappa shape index (κ3) is 3.47. The minimum Gasteiger partial charge on any atom is -0.359 e. The van der Waals surface area contributed by atoms with Crippen LogP contribution >= 0.6 is 34.5 Å². The summed E-state index contributed by atoms with van der Waals surface area (Å²) < 4.78 is 5.76. The van der Waals surface area contributed by atoms with Crippen LogP contribution < -0.4 is 5.32 Å². The predicted octanol–water partition coefficient (Wildman–Crippen LogP) is 4.03. The first-order chi connectivity index (χ1) is 10.6. The van der Waals surface area contributed by atoms with Crippen molar-refractivity contribution in [2.45, 2.75) is 6.54 Å². The van der Waals surface area contributed by atoms with E-state index in [4.69, 9.17) is 27.7 Å². The molecule has 3 aromatic rings. The molecule has 0 bridgehead atoms. The van der Waals surface area contributed by atoms with E-state index >= 15 is 0 Å². The van der Waals surface area contributed by atoms with E-state index in [9.17, 15) is 4.79 Å². The Morgan fingerprint density at radius 2 is 2.14 bits per heavy atom. The smallest absolute Gasteiger partial charge is 0.261 e. The van der Waals surface area contributed by atoms with Gasteiger partial charge in [-0.3, -0.25) is 4.79 Å². The molecule has 22 heavy (non-hydrogen) atoms. The van der Waals surface area contributed by atoms with E-state index in [0.29, 0.717) is 25.8 Å². The second-order valence-electron chi connectivity index (χ2n) is 4.33. The molecule has 0 atom stereocenters. The molecule has 0 aromatic carbocycles. The highest BCUT2D eigenvalue weighted by Crippen LogP contribution is 2.22. The monoisotopic (exact) mass is 353 g/mol. The Morgan fingerprint density at radius 3 is 2.82 bits per heavy atom. The molecule has 0 saturated heterocycles. The van der Waals surface area contributed by atoms with Crippen molar-refractivity contribution in [3.63, 3.8) is 0 Å². The summed E-state index contributed by atoms with van der Waals surface area (Å²) >= 11 is 12.8. The van der Waals surface area contributed by atoms with Crippen molar-refractivity contribution in [3.8, 4) is 11.3 Å². The van der Waals surface area contributed by atoms with Crippen molar-refractivity contribution >= 4 is 40.4 Å². The van der Waals surface area contributed by atoms with E-state index in [0.717, 1.165) is 5.56 Å². The van der Waals surface area contributed by atoms with E-state index in [-0.39, 0.29) is 12.5 Å². The molecule has 0 fully saturated rings. The molecule has 3 rings (SSSR count). The summed E-state index contributed by atoms with van der Waals surface area (Å²) in [5, 5.41) is 7.10. The zero-order valence-corrected chi connectivity index (χ0v) is 13.4. The summed E-state index contributed by atoms with van der Waals surface area (Å²) in [6, 6.07) is 8.57. The van der Waals surface area contributed by atoms with Crippen LogP contribution in [0.5, 0.6) is 0 Å². The third-order valence-electron chi connectivity index (χ3n) is 2.80. The van der Waals surface area contributed by atoms with Gasteiger partial charge in [-0.15, -0.1) is 11.3 Å². The first-order valence-corrected chi connectivity index (χ1v) is 7.80. The Kier molecular flexibility index (Phi) is 4.42. The number of aromatic nitrogens is 2. The van der Waals surface area contributed by atoms with E-state index in [1.165, 1.54) is 11.3 Å². The predicted molar refractivity (Wildman–Crippen MR) is 85.2 cm³/mol. The second-order valence-corrected chi connectivity index (χ2v) is 6.44. The number of amides is 1. The van der Waals surface area contributed by atoms with Crippen molar-refractivity contribution in [2.24, 2.45) is 0 Å². The average Bonchev–Trinajstić information content (AvgIpc) is 3.15. The largest absolute Gasteiger partial charge is 0.359 e. The van der Waals surface area contributed by atoms with Crippen LogP contribution in [0.3, 0.4) is 0 Å². The van der Waals surface area contributed by atoms with Crippen LogP contribution in [0.25, 0.3) is 11.3 Å². The van der Waals surface area contributed by atoms with E-state index in [2.05, 4.69) is 15.5 Å². The molecule has 0 unspecified atom stereocenters. The number of carbonyl (C=O) groups is 1. The number of thiophene rings is 1. The fourth-order valence-corrected chi connectivity index (χ4v) is 2.82. The van der Waals surface area contributed by atoms with Gasteiger partial charge in [0.15, 0.2) is 5.76 Å². The maximum atomic E-state index is 11.9. The van der Waals surface area contributed by atoms with Crippen LogP contribution in [0.2, 0.25) is 9.49 Å². The van der Waals surface area contributed by atoms with Gasteiger partial charge in [0, 0.05) is 17.8 Å². The number of nitrogens with one attached hydrogen (secondary N) is 1. The summed E-state index contributed by atoms with van der Waals surface area (Å²) in [5.41, 5.74) is 1.42. The van der Waals surface area contributed by atoms with Crippen molar-refractivity contribution in [1.29, 1.82) is 0 Å². The number of halogens is 2. The Balaban J connectivity index is 1.64. The number of rotatable bonds is 4. The summed E-state index contributed by atoms with van der Waals surface area (Å²) in [4.78, 5) is 16.4. The lowest BCUT2D eigenvalue weighted by atomic mass is 10.2. The molecule has 1 N–H and O–H groups in total. The first kappa shape index (κ1) is 15.0. The number of pyridine rings is 1. The molecule has 0 aliphatic heterocycles. The summed E-state index contributed by atoms with van der Waals surface area (Å²) in [6.07, 6.45) is 1.61. The van der Waals surface area contributed by atoms with Gasteiger partial charge < -0.3 is 9.84 Å². The van der Waals surface area contributed by atoms with Gasteiger partial charge in [0.25, 0.3) is 5.91 Å². The highest BCUT2D eigenvalue weighted by atomic mass is 35.5. The van der Waals surface area contributed by atoms with Crippen LogP contribution in [0, 0.1) is 0 Å². The lowest BCUT2D eigenvalue weighted by Gasteiger charge is -1.99. The van der Waals surface area contributed by atoms with Crippen molar-refractivity contribution < 1.29 is 9.32 Å². The molecule has 112 valence electrons. The fraction of sp³-hybridized carbons (Fsp3) is 0.0714. The maximum Gasteiger partial charge on any atom is 0.261 e. The number of hydrogen-bond donors (Lipinski definition) is 1. The standard InChI is InChI=1S/C14H9Cl2N3O2S/c15-12-3-1-8(6-17-12)10-5-9(21-19-10)7-18-14(20)11-2-4-13(16)22-11/h1-6H,7H2,(H,18,20). The van der Waals surface area contributed by atoms with Crippen LogP contribution in [0.4, 0.5) is 0 Å². The molecule has 3 heterocycles. The quantitative estimate of drug-likeness (QED) is 0.718. The van der Waals surface area contributed by atoms with Gasteiger partial charge in [-0.05, 0) is 24.3 Å². The molecule has 3 aromatic heterocycles. The van der Waals surface area contributed by atoms with Gasteiger partial charge in [0.05, 0.1) is 15.8 Å². The van der Waals surface area contributed by atoms with Crippen LogP contribution in [0.15, 0.2) is 41.1 Å². The molecular formula is C14H9Cl2N3O2S. The first-order valence-electron chi connectivity index (χ1n) is 6.23. The van der Waals surface area contributed by atoms with Crippen LogP contribution in [0.1, 0.15) is 15.4 Å². The third-order valence-corrected chi connectivity index (χ3v) is 4.26. The molecule has 0 spiro atoms. The Hall–Kier alpha value is -1.89. The molecule has 0 aliphatic carbocycles. The molecule has 0 radical (unpaired) electrons. The molecule has 5 nitrogen and oxygen atoms in total. The second kappa shape index (κ2) is 6.48. The molecule has 0 aliphatic rings. The van der Waals surface area contributed by atoms with E-state index in [1.807, 2.05) is 0 Å². The van der Waals surface area contributed by atoms with Crippen molar-refractivity contribution in [2.75, 3.05) is 0 Å². The van der Waals surface area contributed by atoms with Gasteiger partial charge in [-0.1, -0.05) is 28.4 Å².